The van der Waals surface area contributed by atoms with Crippen molar-refractivity contribution in [2.75, 3.05) is 0 Å². The van der Waals surface area contributed by atoms with Gasteiger partial charge in [0.25, 0.3) is 0 Å². The average Bonchev–Trinajstić information content (AvgIpc) is 1.82. The van der Waals surface area contributed by atoms with Gasteiger partial charge in [0.05, 0.1) is 5.02 Å². The Labute approximate surface area is 72.4 Å². The minimum absolute atomic E-state index is 0.0856. The molecule has 0 unspecified atom stereocenters. The first-order valence-electron chi connectivity index (χ1n) is 2.32. The van der Waals surface area contributed by atoms with E-state index in [9.17, 15) is 0 Å². The Morgan fingerprint density at radius 2 is 1.90 bits per heavy atom. The monoisotopic (exact) mass is 197 g/mol. The molecule has 1 aromatic heterocycles. The SMILES string of the molecule is Oc1c(Cl)cc(Cl)nc1Cl. The van der Waals surface area contributed by atoms with Crippen molar-refractivity contribution in [2.24, 2.45) is 0 Å². The van der Waals surface area contributed by atoms with Crippen LogP contribution in [-0.4, -0.2) is 10.1 Å². The quantitative estimate of drug-likeness (QED) is 0.650. The number of pyridine rings is 1. The van der Waals surface area contributed by atoms with Gasteiger partial charge in [0.2, 0.25) is 0 Å². The van der Waals surface area contributed by atoms with Gasteiger partial charge in [0, 0.05) is 0 Å². The first-order chi connectivity index (χ1) is 4.61. The second-order valence-electron chi connectivity index (χ2n) is 1.57. The Balaban J connectivity index is 3.31. The van der Waals surface area contributed by atoms with E-state index in [1.807, 2.05) is 0 Å². The molecule has 0 fully saturated rings. The van der Waals surface area contributed by atoms with E-state index in [1.54, 1.807) is 0 Å². The summed E-state index contributed by atoms with van der Waals surface area (Å²) < 4.78 is 0. The van der Waals surface area contributed by atoms with Crippen molar-refractivity contribution in [1.82, 2.24) is 4.98 Å². The molecule has 1 rings (SSSR count). The van der Waals surface area contributed by atoms with Crippen LogP contribution >= 0.6 is 34.8 Å². The van der Waals surface area contributed by atoms with Gasteiger partial charge in [-0.1, -0.05) is 34.8 Å². The highest BCUT2D eigenvalue weighted by atomic mass is 35.5. The van der Waals surface area contributed by atoms with Crippen molar-refractivity contribution in [3.8, 4) is 5.75 Å². The molecular weight excluding hydrogens is 196 g/mol. The minimum Gasteiger partial charge on any atom is -0.504 e. The molecule has 0 atom stereocenters. The zero-order chi connectivity index (χ0) is 7.72. The molecule has 0 aliphatic heterocycles. The zero-order valence-corrected chi connectivity index (χ0v) is 6.87. The van der Waals surface area contributed by atoms with E-state index in [0.29, 0.717) is 0 Å². The summed E-state index contributed by atoms with van der Waals surface area (Å²) in [7, 11) is 0. The van der Waals surface area contributed by atoms with E-state index in [4.69, 9.17) is 39.9 Å². The van der Waals surface area contributed by atoms with Gasteiger partial charge in [-0.25, -0.2) is 4.98 Å². The van der Waals surface area contributed by atoms with Crippen molar-refractivity contribution in [2.45, 2.75) is 0 Å². The maximum Gasteiger partial charge on any atom is 0.173 e. The van der Waals surface area contributed by atoms with Gasteiger partial charge in [0.1, 0.15) is 5.15 Å². The van der Waals surface area contributed by atoms with Crippen molar-refractivity contribution in [3.05, 3.63) is 21.4 Å². The average molecular weight is 198 g/mol. The molecule has 5 heteroatoms. The molecule has 0 amide bonds. The van der Waals surface area contributed by atoms with Gasteiger partial charge in [-0.2, -0.15) is 0 Å². The highest BCUT2D eigenvalue weighted by molar-refractivity contribution is 6.38. The summed E-state index contributed by atoms with van der Waals surface area (Å²) in [4.78, 5) is 3.53. The Kier molecular flexibility index (Phi) is 2.24. The van der Waals surface area contributed by atoms with E-state index in [1.165, 1.54) is 6.07 Å². The van der Waals surface area contributed by atoms with Crippen molar-refractivity contribution >= 4 is 34.8 Å². The van der Waals surface area contributed by atoms with Crippen LogP contribution < -0.4 is 0 Å². The Hall–Kier alpha value is -0.180. The lowest BCUT2D eigenvalue weighted by Gasteiger charge is -1.97. The van der Waals surface area contributed by atoms with Gasteiger partial charge in [-0.3, -0.25) is 0 Å². The maximum absolute atomic E-state index is 8.95. The van der Waals surface area contributed by atoms with E-state index >= 15 is 0 Å². The molecule has 2 nitrogen and oxygen atoms in total. The third-order valence-corrected chi connectivity index (χ3v) is 1.62. The number of hydrogen-bond acceptors (Lipinski definition) is 2. The van der Waals surface area contributed by atoms with E-state index < -0.39 is 0 Å². The zero-order valence-electron chi connectivity index (χ0n) is 4.61. The number of aromatic nitrogens is 1. The van der Waals surface area contributed by atoms with Gasteiger partial charge in [-0.05, 0) is 6.07 Å². The third-order valence-electron chi connectivity index (χ3n) is 0.872. The predicted molar refractivity (Wildman–Crippen MR) is 40.9 cm³/mol. The standard InChI is InChI=1S/C5H2Cl3NO/c6-2-1-3(7)9-5(8)4(2)10/h1,10H. The van der Waals surface area contributed by atoms with Crippen LogP contribution in [0.1, 0.15) is 0 Å². The number of rotatable bonds is 0. The van der Waals surface area contributed by atoms with Gasteiger partial charge >= 0.3 is 0 Å². The Bertz CT molecular complexity index is 240. The summed E-state index contributed by atoms with van der Waals surface area (Å²) in [6, 6.07) is 1.31. The van der Waals surface area contributed by atoms with Crippen LogP contribution in [0.4, 0.5) is 0 Å². The second kappa shape index (κ2) is 2.82. The molecule has 10 heavy (non-hydrogen) atoms. The van der Waals surface area contributed by atoms with Crippen molar-refractivity contribution in [3.63, 3.8) is 0 Å². The molecule has 0 aromatic carbocycles. The lowest BCUT2D eigenvalue weighted by Crippen LogP contribution is -1.78. The number of halogens is 3. The van der Waals surface area contributed by atoms with Crippen LogP contribution in [0, 0.1) is 0 Å². The van der Waals surface area contributed by atoms with Crippen LogP contribution in [0.3, 0.4) is 0 Å². The van der Waals surface area contributed by atoms with Crippen LogP contribution in [0.25, 0.3) is 0 Å². The van der Waals surface area contributed by atoms with Crippen molar-refractivity contribution < 1.29 is 5.11 Å². The third kappa shape index (κ3) is 1.45. The van der Waals surface area contributed by atoms with Crippen LogP contribution in [0.5, 0.6) is 5.75 Å². The largest absolute Gasteiger partial charge is 0.504 e. The molecule has 1 heterocycles. The number of aromatic hydroxyl groups is 1. The van der Waals surface area contributed by atoms with E-state index in [-0.39, 0.29) is 21.1 Å². The fourth-order valence-corrected chi connectivity index (χ4v) is 1.18. The minimum atomic E-state index is -0.243. The van der Waals surface area contributed by atoms with Crippen LogP contribution in [0.2, 0.25) is 15.3 Å². The summed E-state index contributed by atoms with van der Waals surface area (Å²) >= 11 is 16.3. The van der Waals surface area contributed by atoms with Crippen LogP contribution in [0.15, 0.2) is 6.07 Å². The normalized spacial score (nSPS) is 9.90. The lowest BCUT2D eigenvalue weighted by molar-refractivity contribution is 0.473. The summed E-state index contributed by atoms with van der Waals surface area (Å²) in [5.74, 6) is -0.243. The topological polar surface area (TPSA) is 33.1 Å². The Morgan fingerprint density at radius 3 is 2.40 bits per heavy atom. The molecule has 1 N–H and O–H groups in total. The van der Waals surface area contributed by atoms with E-state index in [0.717, 1.165) is 0 Å². The highest BCUT2D eigenvalue weighted by Crippen LogP contribution is 2.31. The summed E-state index contributed by atoms with van der Waals surface area (Å²) in [6.07, 6.45) is 0. The summed E-state index contributed by atoms with van der Waals surface area (Å²) in [5.41, 5.74) is 0. The summed E-state index contributed by atoms with van der Waals surface area (Å²) in [6.45, 7) is 0. The Morgan fingerprint density at radius 1 is 1.30 bits per heavy atom. The molecule has 0 aliphatic rings. The smallest absolute Gasteiger partial charge is 0.173 e. The van der Waals surface area contributed by atoms with E-state index in [2.05, 4.69) is 4.98 Å². The molecule has 0 saturated heterocycles. The highest BCUT2D eigenvalue weighted by Gasteiger charge is 2.05. The summed E-state index contributed by atoms with van der Waals surface area (Å²) in [5, 5.41) is 9.12. The molecule has 54 valence electrons. The molecule has 1 aromatic rings. The first kappa shape index (κ1) is 7.92. The fraction of sp³-hybridized carbons (Fsp3) is 0. The lowest BCUT2D eigenvalue weighted by atomic mass is 10.5. The second-order valence-corrected chi connectivity index (χ2v) is 2.72. The van der Waals surface area contributed by atoms with Gasteiger partial charge in [0.15, 0.2) is 10.9 Å². The maximum atomic E-state index is 8.95. The number of nitrogens with zero attached hydrogens (tertiary/aromatic N) is 1. The molecule has 0 bridgehead atoms. The predicted octanol–water partition coefficient (Wildman–Crippen LogP) is 2.75. The molecular formula is C5H2Cl3NO. The van der Waals surface area contributed by atoms with Crippen LogP contribution in [-0.2, 0) is 0 Å². The molecule has 0 aliphatic carbocycles. The van der Waals surface area contributed by atoms with Crippen molar-refractivity contribution in [1.29, 1.82) is 0 Å². The van der Waals surface area contributed by atoms with Gasteiger partial charge in [-0.15, -0.1) is 0 Å². The fourth-order valence-electron chi connectivity index (χ4n) is 0.450. The first-order valence-corrected chi connectivity index (χ1v) is 3.45. The molecule has 0 radical (unpaired) electrons. The van der Waals surface area contributed by atoms with Gasteiger partial charge < -0.3 is 5.11 Å². The molecule has 0 saturated carbocycles. The number of hydrogen-bond donors (Lipinski definition) is 1. The molecule has 0 spiro atoms.